The zero-order valence-corrected chi connectivity index (χ0v) is 25.8. The summed E-state index contributed by atoms with van der Waals surface area (Å²) in [5.41, 5.74) is 11.9. The predicted octanol–water partition coefficient (Wildman–Crippen LogP) is 3.89. The Hall–Kier alpha value is -3.77. The quantitative estimate of drug-likeness (QED) is 0.376. The zero-order valence-electron chi connectivity index (χ0n) is 24.8. The molecule has 5 heterocycles. The largest absolute Gasteiger partial charge is 2.00 e. The monoisotopic (exact) mass is 604 g/mol. The molecule has 0 amide bonds. The predicted molar refractivity (Wildman–Crippen MR) is 161 cm³/mol. The molecule has 0 saturated carbocycles. The third-order valence-electron chi connectivity index (χ3n) is 9.08. The fourth-order valence-corrected chi connectivity index (χ4v) is 6.64. The Bertz CT molecular complexity index is 1820. The molecule has 0 fully saturated rings. The van der Waals surface area contributed by atoms with Crippen molar-refractivity contribution in [3.63, 3.8) is 0 Å². The number of ether oxygens (including phenoxy) is 1. The number of nitrogens with zero attached hydrogens (tertiary/aromatic N) is 4. The minimum atomic E-state index is -0.257. The number of allylic oxidation sites excluding steroid dienone is 7. The van der Waals surface area contributed by atoms with Gasteiger partial charge in [-0.1, -0.05) is 38.1 Å². The molecule has 7 nitrogen and oxygen atoms in total. The van der Waals surface area contributed by atoms with Crippen molar-refractivity contribution in [2.24, 2.45) is 26.8 Å². The number of methoxy groups -OCH3 is 1. The van der Waals surface area contributed by atoms with Crippen molar-refractivity contribution in [1.82, 2.24) is 4.98 Å². The topological polar surface area (TPSA) is 101 Å². The van der Waals surface area contributed by atoms with E-state index in [2.05, 4.69) is 34.3 Å². The van der Waals surface area contributed by atoms with E-state index < -0.39 is 0 Å². The minimum Gasteiger partial charge on any atom is -0.875 e. The molecule has 4 aliphatic heterocycles. The maximum absolute atomic E-state index is 13.4. The number of aromatic nitrogens is 1. The van der Waals surface area contributed by atoms with Gasteiger partial charge in [0.25, 0.3) is 0 Å². The second-order valence-electron chi connectivity index (χ2n) is 11.3. The van der Waals surface area contributed by atoms with Crippen molar-refractivity contribution < 1.29 is 31.1 Å². The van der Waals surface area contributed by atoms with Gasteiger partial charge in [-0.2, -0.15) is 0 Å². The molecule has 1 aromatic heterocycles. The van der Waals surface area contributed by atoms with Crippen LogP contribution >= 0.6 is 0 Å². The maximum atomic E-state index is 13.4. The Balaban J connectivity index is 0.00000353. The molecule has 6 rings (SSSR count). The Kier molecular flexibility index (Phi) is 7.88. The molecule has 1 aliphatic carbocycles. The van der Waals surface area contributed by atoms with E-state index in [9.17, 15) is 9.90 Å². The first-order valence-electron chi connectivity index (χ1n) is 14.3. The van der Waals surface area contributed by atoms with E-state index in [4.69, 9.17) is 24.7 Å². The van der Waals surface area contributed by atoms with Crippen molar-refractivity contribution in [2.75, 3.05) is 7.11 Å². The van der Waals surface area contributed by atoms with E-state index in [0.717, 1.165) is 79.8 Å². The van der Waals surface area contributed by atoms with Crippen LogP contribution in [0.3, 0.4) is 0 Å². The summed E-state index contributed by atoms with van der Waals surface area (Å²) in [6.07, 6.45) is 9.87. The second-order valence-corrected chi connectivity index (χ2v) is 11.3. The minimum absolute atomic E-state index is 0. The van der Waals surface area contributed by atoms with Gasteiger partial charge in [-0.3, -0.25) is 9.79 Å². The Morgan fingerprint density at radius 3 is 2.52 bits per heavy atom. The summed E-state index contributed by atoms with van der Waals surface area (Å²) in [7, 11) is 1.41. The van der Waals surface area contributed by atoms with Crippen LogP contribution in [0.4, 0.5) is 0 Å². The van der Waals surface area contributed by atoms with E-state index in [1.165, 1.54) is 7.11 Å². The zero-order chi connectivity index (χ0) is 29.2. The summed E-state index contributed by atoms with van der Waals surface area (Å²) < 4.78 is 4.95. The van der Waals surface area contributed by atoms with Gasteiger partial charge in [0.05, 0.1) is 29.9 Å². The number of fused-ring (bicyclic) bond motifs is 5. The Morgan fingerprint density at radius 2 is 1.83 bits per heavy atom. The van der Waals surface area contributed by atoms with E-state index in [-0.39, 0.29) is 52.9 Å². The third kappa shape index (κ3) is 4.57. The van der Waals surface area contributed by atoms with Gasteiger partial charge in [0.2, 0.25) is 0 Å². The van der Waals surface area contributed by atoms with Crippen LogP contribution in [0.5, 0.6) is 0 Å². The van der Waals surface area contributed by atoms with Gasteiger partial charge < -0.3 is 14.8 Å². The van der Waals surface area contributed by atoms with E-state index in [1.807, 2.05) is 31.2 Å². The average Bonchev–Trinajstić information content (AvgIpc) is 3.70. The SMILES string of the molecule is C=CC1=C(C)C2=NC1=CC1=NC(=Cc3[n-]c4c(c3C)=C([O-])CC=4C3=NC(=C2)[C@@H](C)[C@@H]3CCC(=O)OC)C(CC)=C1C.[Ni+2]. The van der Waals surface area contributed by atoms with E-state index in [0.29, 0.717) is 17.0 Å². The van der Waals surface area contributed by atoms with Crippen LogP contribution in [0, 0.1) is 18.8 Å². The first kappa shape index (κ1) is 29.7. The molecule has 0 unspecified atom stereocenters. The summed E-state index contributed by atoms with van der Waals surface area (Å²) in [5, 5.41) is 14.8. The van der Waals surface area contributed by atoms with Crippen molar-refractivity contribution in [3.8, 4) is 0 Å². The molecule has 5 aliphatic rings. The average molecular weight is 605 g/mol. The van der Waals surface area contributed by atoms with Crippen LogP contribution in [0.1, 0.15) is 64.6 Å². The molecule has 0 aromatic carbocycles. The van der Waals surface area contributed by atoms with Crippen molar-refractivity contribution >= 4 is 40.5 Å². The number of rotatable bonds is 5. The molecule has 0 saturated heterocycles. The standard InChI is InChI=1S/C34H35N4O3.Ni/c1-8-20-16(3)24-13-26-18(5)22(10-11-31(40)41-7)33(37-26)23-12-30(39)32-19(6)27(38-34(23)32)15-29-21(9-2)17(4)25(36-29)14-28(20)35-24;/h8,13-15,18,22H,1,9-12H2,2-7H3,(H-,35,36,37,38,39);/q-1;+2/p-1/t18-,22-;/m0./s1. The number of aliphatic imine (C=N–C) groups is 3. The first-order chi connectivity index (χ1) is 19.7. The van der Waals surface area contributed by atoms with Crippen LogP contribution in [0.15, 0.2) is 79.2 Å². The molecule has 0 N–H and O–H groups in total. The first-order valence-corrected chi connectivity index (χ1v) is 14.3. The second kappa shape index (κ2) is 11.1. The third-order valence-corrected chi connectivity index (χ3v) is 9.08. The van der Waals surface area contributed by atoms with E-state index >= 15 is 0 Å². The number of carbonyl (C=O) groups is 1. The van der Waals surface area contributed by atoms with Gasteiger partial charge in [-0.05, 0) is 79.7 Å². The molecule has 0 radical (unpaired) electrons. The van der Waals surface area contributed by atoms with Gasteiger partial charge in [0.1, 0.15) is 0 Å². The molecular weight excluding hydrogens is 571 g/mol. The normalized spacial score (nSPS) is 22.4. The van der Waals surface area contributed by atoms with Gasteiger partial charge in [0, 0.05) is 35.2 Å². The fraction of sp³-hybridized carbons (Fsp3) is 0.353. The maximum Gasteiger partial charge on any atom is 2.00 e. The number of carbonyl (C=O) groups excluding carboxylic acids is 1. The summed E-state index contributed by atoms with van der Waals surface area (Å²) in [6.45, 7) is 14.4. The molecule has 8 heteroatoms. The van der Waals surface area contributed by atoms with E-state index in [1.54, 1.807) is 0 Å². The van der Waals surface area contributed by atoms with Gasteiger partial charge in [-0.25, -0.2) is 9.98 Å². The van der Waals surface area contributed by atoms with Gasteiger partial charge in [-0.15, -0.1) is 16.8 Å². The molecular formula is C34H34N4NiO3. The van der Waals surface area contributed by atoms with Crippen molar-refractivity contribution in [2.45, 2.75) is 60.3 Å². The summed E-state index contributed by atoms with van der Waals surface area (Å²) in [4.78, 5) is 32.4. The summed E-state index contributed by atoms with van der Waals surface area (Å²) in [5.74, 6) is -0.233. The number of hydrogen-bond acceptors (Lipinski definition) is 6. The number of esters is 1. The van der Waals surface area contributed by atoms with Gasteiger partial charge >= 0.3 is 22.5 Å². The van der Waals surface area contributed by atoms with Crippen LogP contribution in [0.2, 0.25) is 0 Å². The molecule has 0 spiro atoms. The molecule has 2 atom stereocenters. The van der Waals surface area contributed by atoms with Crippen LogP contribution in [0.25, 0.3) is 17.4 Å². The molecule has 218 valence electrons. The molecule has 1 aromatic rings. The smallest absolute Gasteiger partial charge is 0.875 e. The Labute approximate surface area is 256 Å². The van der Waals surface area contributed by atoms with Gasteiger partial charge in [0.15, 0.2) is 0 Å². The van der Waals surface area contributed by atoms with Crippen LogP contribution in [-0.4, -0.2) is 30.2 Å². The fourth-order valence-electron chi connectivity index (χ4n) is 6.64. The van der Waals surface area contributed by atoms with Crippen molar-refractivity contribution in [3.05, 3.63) is 86.0 Å². The summed E-state index contributed by atoms with van der Waals surface area (Å²) >= 11 is 0. The van der Waals surface area contributed by atoms with Crippen LogP contribution < -0.4 is 20.7 Å². The number of hydrogen-bond donors (Lipinski definition) is 0. The Morgan fingerprint density at radius 1 is 1.12 bits per heavy atom. The molecule has 8 bridgehead atoms. The summed E-state index contributed by atoms with van der Waals surface area (Å²) in [6, 6.07) is 0. The van der Waals surface area contributed by atoms with Crippen molar-refractivity contribution in [1.29, 1.82) is 0 Å². The van der Waals surface area contributed by atoms with Crippen LogP contribution in [-0.2, 0) is 26.0 Å². The molecule has 42 heavy (non-hydrogen) atoms.